The minimum Gasteiger partial charge on any atom is -0.491 e. The van der Waals surface area contributed by atoms with Crippen molar-refractivity contribution >= 4 is 5.91 Å². The maximum absolute atomic E-state index is 12.0. The number of ether oxygens (including phenoxy) is 1. The van der Waals surface area contributed by atoms with Crippen LogP contribution in [-0.4, -0.2) is 22.2 Å². The number of hydrogen-bond donors (Lipinski definition) is 2. The summed E-state index contributed by atoms with van der Waals surface area (Å²) >= 11 is 0. The van der Waals surface area contributed by atoms with Crippen LogP contribution in [0, 0.1) is 0 Å². The summed E-state index contributed by atoms with van der Waals surface area (Å²) in [6.45, 7) is 5.81. The quantitative estimate of drug-likeness (QED) is 0.885. The average Bonchev–Trinajstić information content (AvgIpc) is 2.48. The van der Waals surface area contributed by atoms with Gasteiger partial charge in [0.15, 0.2) is 0 Å². The Morgan fingerprint density at radius 1 is 1.14 bits per heavy atom. The van der Waals surface area contributed by atoms with Crippen LogP contribution in [0.15, 0.2) is 41.2 Å². The fourth-order valence-corrected chi connectivity index (χ4v) is 1.93. The van der Waals surface area contributed by atoms with E-state index in [1.807, 2.05) is 45.0 Å². The molecular weight excluding hydrogens is 282 g/mol. The molecule has 6 heteroatoms. The van der Waals surface area contributed by atoms with E-state index < -0.39 is 0 Å². The van der Waals surface area contributed by atoms with Gasteiger partial charge in [-0.3, -0.25) is 9.59 Å². The predicted octanol–water partition coefficient (Wildman–Crippen LogP) is 2.05. The number of carbonyl (C=O) groups excluding carboxylic acids is 1. The van der Waals surface area contributed by atoms with Gasteiger partial charge >= 0.3 is 0 Å². The molecule has 1 aromatic heterocycles. The number of amides is 1. The van der Waals surface area contributed by atoms with Gasteiger partial charge in [0.05, 0.1) is 12.1 Å². The van der Waals surface area contributed by atoms with E-state index in [0.717, 1.165) is 11.3 Å². The van der Waals surface area contributed by atoms with Gasteiger partial charge < -0.3 is 10.1 Å². The fourth-order valence-electron chi connectivity index (χ4n) is 1.93. The van der Waals surface area contributed by atoms with Gasteiger partial charge in [-0.15, -0.1) is 0 Å². The smallest absolute Gasteiger partial charge is 0.272 e. The largest absolute Gasteiger partial charge is 0.491 e. The zero-order valence-electron chi connectivity index (χ0n) is 12.8. The third-order valence-electron chi connectivity index (χ3n) is 3.01. The molecule has 6 nitrogen and oxygen atoms in total. The molecule has 2 N–H and O–H groups in total. The van der Waals surface area contributed by atoms with E-state index in [0.29, 0.717) is 0 Å². The third kappa shape index (κ3) is 4.18. The molecule has 22 heavy (non-hydrogen) atoms. The zero-order valence-corrected chi connectivity index (χ0v) is 12.8. The van der Waals surface area contributed by atoms with Crippen LogP contribution in [-0.2, 0) is 0 Å². The van der Waals surface area contributed by atoms with Gasteiger partial charge in [0.2, 0.25) is 0 Å². The lowest BCUT2D eigenvalue weighted by Crippen LogP contribution is -2.28. The number of nitrogens with one attached hydrogen (secondary N) is 2. The molecule has 0 saturated heterocycles. The van der Waals surface area contributed by atoms with Gasteiger partial charge in [-0.05, 0) is 44.5 Å². The summed E-state index contributed by atoms with van der Waals surface area (Å²) < 4.78 is 5.58. The number of nitrogens with zero attached hydrogens (tertiary/aromatic N) is 1. The maximum atomic E-state index is 12.0. The molecule has 0 aliphatic carbocycles. The van der Waals surface area contributed by atoms with Crippen molar-refractivity contribution in [1.29, 1.82) is 0 Å². The summed E-state index contributed by atoms with van der Waals surface area (Å²) in [6, 6.07) is 10.0. The summed E-state index contributed by atoms with van der Waals surface area (Å²) in [7, 11) is 0. The fraction of sp³-hybridized carbons (Fsp3) is 0.312. The monoisotopic (exact) mass is 301 g/mol. The van der Waals surface area contributed by atoms with E-state index in [1.165, 1.54) is 12.1 Å². The molecule has 0 bridgehead atoms. The second-order valence-electron chi connectivity index (χ2n) is 5.24. The van der Waals surface area contributed by atoms with Crippen LogP contribution in [0.5, 0.6) is 5.75 Å². The summed E-state index contributed by atoms with van der Waals surface area (Å²) in [5.74, 6) is 0.450. The number of hydrogen-bond acceptors (Lipinski definition) is 4. The van der Waals surface area contributed by atoms with Gasteiger partial charge in [-0.25, -0.2) is 5.10 Å². The molecule has 116 valence electrons. The molecule has 1 amide bonds. The molecule has 0 aliphatic rings. The lowest BCUT2D eigenvalue weighted by molar-refractivity contribution is 0.0933. The van der Waals surface area contributed by atoms with E-state index >= 15 is 0 Å². The second-order valence-corrected chi connectivity index (χ2v) is 5.24. The SMILES string of the molecule is CC(C)Oc1ccc(C(C)NC(=O)c2ccc(=O)[nH]n2)cc1. The Morgan fingerprint density at radius 3 is 2.36 bits per heavy atom. The van der Waals surface area contributed by atoms with Crippen molar-refractivity contribution in [1.82, 2.24) is 15.5 Å². The van der Waals surface area contributed by atoms with E-state index in [9.17, 15) is 9.59 Å². The number of aromatic amines is 1. The van der Waals surface area contributed by atoms with E-state index in [2.05, 4.69) is 15.5 Å². The van der Waals surface area contributed by atoms with Crippen molar-refractivity contribution in [3.8, 4) is 5.75 Å². The average molecular weight is 301 g/mol. The van der Waals surface area contributed by atoms with Crippen molar-refractivity contribution in [2.75, 3.05) is 0 Å². The minimum atomic E-state index is -0.342. The van der Waals surface area contributed by atoms with Crippen LogP contribution in [0.25, 0.3) is 0 Å². The lowest BCUT2D eigenvalue weighted by atomic mass is 10.1. The molecular formula is C16H19N3O3. The highest BCUT2D eigenvalue weighted by atomic mass is 16.5. The summed E-state index contributed by atoms with van der Waals surface area (Å²) in [5.41, 5.74) is 0.783. The normalized spacial score (nSPS) is 12.0. The molecule has 0 radical (unpaired) electrons. The van der Waals surface area contributed by atoms with E-state index in [-0.39, 0.29) is 29.3 Å². The number of rotatable bonds is 5. The van der Waals surface area contributed by atoms with E-state index in [1.54, 1.807) is 0 Å². The number of aromatic nitrogens is 2. The molecule has 0 spiro atoms. The first-order chi connectivity index (χ1) is 10.5. The van der Waals surface area contributed by atoms with Gasteiger partial charge in [0.25, 0.3) is 11.5 Å². The first kappa shape index (κ1) is 15.8. The van der Waals surface area contributed by atoms with Gasteiger partial charge in [0.1, 0.15) is 11.4 Å². The van der Waals surface area contributed by atoms with Crippen LogP contribution in [0.3, 0.4) is 0 Å². The Hall–Kier alpha value is -2.63. The number of H-pyrrole nitrogens is 1. The van der Waals surface area contributed by atoms with E-state index in [4.69, 9.17) is 4.74 Å². The minimum absolute atomic E-state index is 0.120. The molecule has 0 fully saturated rings. The number of benzene rings is 1. The Labute approximate surface area is 128 Å². The van der Waals surface area contributed by atoms with Crippen LogP contribution in [0.2, 0.25) is 0 Å². The lowest BCUT2D eigenvalue weighted by Gasteiger charge is -2.15. The van der Waals surface area contributed by atoms with Crippen molar-refractivity contribution < 1.29 is 9.53 Å². The topological polar surface area (TPSA) is 84.1 Å². The Bertz CT molecular complexity index is 672. The second kappa shape index (κ2) is 6.89. The molecule has 1 unspecified atom stereocenters. The summed E-state index contributed by atoms with van der Waals surface area (Å²) in [4.78, 5) is 23.0. The third-order valence-corrected chi connectivity index (χ3v) is 3.01. The Morgan fingerprint density at radius 2 is 1.82 bits per heavy atom. The van der Waals surface area contributed by atoms with Gasteiger partial charge in [-0.1, -0.05) is 12.1 Å². The van der Waals surface area contributed by atoms with Crippen LogP contribution < -0.4 is 15.6 Å². The first-order valence-electron chi connectivity index (χ1n) is 7.09. The first-order valence-corrected chi connectivity index (χ1v) is 7.09. The molecule has 0 aliphatic heterocycles. The van der Waals surface area contributed by atoms with Crippen LogP contribution in [0.4, 0.5) is 0 Å². The predicted molar refractivity (Wildman–Crippen MR) is 82.9 cm³/mol. The van der Waals surface area contributed by atoms with Crippen molar-refractivity contribution in [3.63, 3.8) is 0 Å². The van der Waals surface area contributed by atoms with Crippen molar-refractivity contribution in [2.45, 2.75) is 32.9 Å². The highest BCUT2D eigenvalue weighted by Gasteiger charge is 2.13. The molecule has 1 heterocycles. The molecule has 2 rings (SSSR count). The Balaban J connectivity index is 2.02. The standard InChI is InChI=1S/C16H19N3O3/c1-10(2)22-13-6-4-12(5-7-13)11(3)17-16(21)14-8-9-15(20)19-18-14/h4-11H,1-3H3,(H,17,21)(H,19,20). The highest BCUT2D eigenvalue weighted by Crippen LogP contribution is 2.18. The molecule has 0 saturated carbocycles. The van der Waals surface area contributed by atoms with Crippen molar-refractivity contribution in [2.24, 2.45) is 0 Å². The summed E-state index contributed by atoms with van der Waals surface area (Å²) in [5, 5.41) is 8.77. The highest BCUT2D eigenvalue weighted by molar-refractivity contribution is 5.92. The molecule has 1 aromatic carbocycles. The zero-order chi connectivity index (χ0) is 16.1. The van der Waals surface area contributed by atoms with Crippen molar-refractivity contribution in [3.05, 3.63) is 58.0 Å². The Kier molecular flexibility index (Phi) is 4.93. The van der Waals surface area contributed by atoms with Gasteiger partial charge in [0, 0.05) is 6.07 Å². The maximum Gasteiger partial charge on any atom is 0.272 e. The molecule has 2 aromatic rings. The summed E-state index contributed by atoms with van der Waals surface area (Å²) in [6.07, 6.45) is 0.120. The number of carbonyl (C=O) groups is 1. The van der Waals surface area contributed by atoms with Crippen LogP contribution >= 0.6 is 0 Å². The van der Waals surface area contributed by atoms with Gasteiger partial charge in [-0.2, -0.15) is 5.10 Å². The molecule has 1 atom stereocenters. The van der Waals surface area contributed by atoms with Crippen LogP contribution in [0.1, 0.15) is 42.9 Å².